The number of carbonyl (C=O) groups is 2. The molecule has 1 aromatic carbocycles. The van der Waals surface area contributed by atoms with Crippen molar-refractivity contribution in [3.8, 4) is 11.5 Å². The number of allylic oxidation sites excluding steroid dienone is 3. The highest BCUT2D eigenvalue weighted by Gasteiger charge is 2.36. The van der Waals surface area contributed by atoms with E-state index in [2.05, 4.69) is 0 Å². The average Bonchev–Trinajstić information content (AvgIpc) is 2.38. The summed E-state index contributed by atoms with van der Waals surface area (Å²) in [6, 6.07) is 2.26. The Hall–Kier alpha value is -2.56. The van der Waals surface area contributed by atoms with Crippen LogP contribution in [0.4, 0.5) is 0 Å². The van der Waals surface area contributed by atoms with Crippen molar-refractivity contribution in [1.29, 1.82) is 0 Å². The van der Waals surface area contributed by atoms with Crippen molar-refractivity contribution in [3.05, 3.63) is 40.5 Å². The van der Waals surface area contributed by atoms with Gasteiger partial charge in [-0.25, -0.2) is 0 Å². The molecule has 0 fully saturated rings. The lowest BCUT2D eigenvalue weighted by Crippen LogP contribution is -2.24. The van der Waals surface area contributed by atoms with E-state index >= 15 is 0 Å². The Balaban J connectivity index is 2.70. The minimum atomic E-state index is -0.927. The van der Waals surface area contributed by atoms with E-state index in [0.29, 0.717) is 0 Å². The molecular weight excluding hydrogens is 260 g/mol. The van der Waals surface area contributed by atoms with Crippen molar-refractivity contribution in [3.63, 3.8) is 0 Å². The summed E-state index contributed by atoms with van der Waals surface area (Å²) in [5.74, 6) is -3.05. The highest BCUT2D eigenvalue weighted by atomic mass is 16.3. The Bertz CT molecular complexity index is 676. The molecule has 5 nitrogen and oxygen atoms in total. The Morgan fingerprint density at radius 3 is 2.10 bits per heavy atom. The lowest BCUT2D eigenvalue weighted by atomic mass is 9.85. The quantitative estimate of drug-likeness (QED) is 0.437. The van der Waals surface area contributed by atoms with Crippen LogP contribution < -0.4 is 0 Å². The molecule has 2 rings (SSSR count). The van der Waals surface area contributed by atoms with Gasteiger partial charge in [0.25, 0.3) is 0 Å². The highest BCUT2D eigenvalue weighted by Crippen LogP contribution is 2.39. The zero-order chi connectivity index (χ0) is 15.0. The molecule has 0 atom stereocenters. The lowest BCUT2D eigenvalue weighted by Gasteiger charge is -2.19. The van der Waals surface area contributed by atoms with Gasteiger partial charge in [-0.05, 0) is 32.4 Å². The van der Waals surface area contributed by atoms with Gasteiger partial charge in [-0.2, -0.15) is 0 Å². The maximum atomic E-state index is 12.0. The van der Waals surface area contributed by atoms with E-state index in [1.165, 1.54) is 0 Å². The summed E-state index contributed by atoms with van der Waals surface area (Å²) in [7, 11) is 0. The fourth-order valence-corrected chi connectivity index (χ4v) is 2.05. The van der Waals surface area contributed by atoms with E-state index in [4.69, 9.17) is 0 Å². The normalized spacial score (nSPS) is 14.3. The van der Waals surface area contributed by atoms with Crippen molar-refractivity contribution >= 4 is 17.3 Å². The number of aliphatic hydroxyl groups is 1. The maximum Gasteiger partial charge on any atom is 0.237 e. The fourth-order valence-electron chi connectivity index (χ4n) is 2.05. The smallest absolute Gasteiger partial charge is 0.237 e. The number of phenols is 2. The number of rotatable bonds is 2. The second-order valence-electron chi connectivity index (χ2n) is 4.82. The summed E-state index contributed by atoms with van der Waals surface area (Å²) >= 11 is 0. The molecule has 0 aliphatic heterocycles. The van der Waals surface area contributed by atoms with Crippen LogP contribution in [0.15, 0.2) is 29.4 Å². The van der Waals surface area contributed by atoms with Gasteiger partial charge in [0.1, 0.15) is 17.3 Å². The van der Waals surface area contributed by atoms with E-state index in [-0.39, 0.29) is 28.9 Å². The number of aliphatic hydroxyl groups excluding tert-OH is 1. The summed E-state index contributed by atoms with van der Waals surface area (Å²) in [6.07, 6.45) is 1.79. The predicted octanol–water partition coefficient (Wildman–Crippen LogP) is 2.49. The molecule has 1 aromatic rings. The molecule has 0 saturated carbocycles. The number of benzene rings is 1. The van der Waals surface area contributed by atoms with Gasteiger partial charge in [-0.3, -0.25) is 9.59 Å². The SMILES string of the molecule is CC(C)=CCC1=C(O)c2c(O)ccc(O)c2C(=O)C1=O. The lowest BCUT2D eigenvalue weighted by molar-refractivity contribution is -0.112. The van der Waals surface area contributed by atoms with Crippen LogP contribution in [0.25, 0.3) is 5.76 Å². The monoisotopic (exact) mass is 274 g/mol. The van der Waals surface area contributed by atoms with Crippen molar-refractivity contribution < 1.29 is 24.9 Å². The fraction of sp³-hybridized carbons (Fsp3) is 0.200. The van der Waals surface area contributed by atoms with Crippen LogP contribution in [-0.4, -0.2) is 26.9 Å². The molecule has 0 heterocycles. The second-order valence-corrected chi connectivity index (χ2v) is 4.82. The summed E-state index contributed by atoms with van der Waals surface area (Å²) < 4.78 is 0. The Labute approximate surface area is 115 Å². The van der Waals surface area contributed by atoms with Crippen LogP contribution >= 0.6 is 0 Å². The van der Waals surface area contributed by atoms with E-state index < -0.39 is 23.1 Å². The van der Waals surface area contributed by atoms with Crippen molar-refractivity contribution in [2.24, 2.45) is 0 Å². The van der Waals surface area contributed by atoms with Crippen LogP contribution in [0.1, 0.15) is 36.2 Å². The van der Waals surface area contributed by atoms with Crippen LogP contribution in [0.3, 0.4) is 0 Å². The number of ketones is 2. The van der Waals surface area contributed by atoms with Gasteiger partial charge < -0.3 is 15.3 Å². The summed E-state index contributed by atoms with van der Waals surface area (Å²) in [5, 5.41) is 29.6. The van der Waals surface area contributed by atoms with E-state index in [0.717, 1.165) is 17.7 Å². The van der Waals surface area contributed by atoms with Crippen molar-refractivity contribution in [2.75, 3.05) is 0 Å². The highest BCUT2D eigenvalue weighted by molar-refractivity contribution is 6.52. The van der Waals surface area contributed by atoms with Crippen LogP contribution in [0.5, 0.6) is 11.5 Å². The summed E-state index contributed by atoms with van der Waals surface area (Å²) in [5.41, 5.74) is 0.307. The second kappa shape index (κ2) is 4.85. The first-order valence-corrected chi connectivity index (χ1v) is 6.04. The maximum absolute atomic E-state index is 12.0. The van der Waals surface area contributed by atoms with Gasteiger partial charge in [0.2, 0.25) is 11.6 Å². The molecule has 0 amide bonds. The largest absolute Gasteiger partial charge is 0.507 e. The molecule has 20 heavy (non-hydrogen) atoms. The first-order valence-electron chi connectivity index (χ1n) is 6.04. The third kappa shape index (κ3) is 2.07. The van der Waals surface area contributed by atoms with Crippen molar-refractivity contribution in [2.45, 2.75) is 20.3 Å². The standard InChI is InChI=1S/C15H14O5/c1-7(2)3-4-8-13(18)11-9(16)5-6-10(17)12(11)15(20)14(8)19/h3,5-6,16-18H,4H2,1-2H3. The molecule has 0 unspecified atom stereocenters. The van der Waals surface area contributed by atoms with Gasteiger partial charge in [0.05, 0.1) is 11.1 Å². The molecule has 0 aromatic heterocycles. The number of Topliss-reactive ketones (excluding diaryl/α,β-unsaturated/α-hetero) is 2. The minimum Gasteiger partial charge on any atom is -0.507 e. The van der Waals surface area contributed by atoms with E-state index in [9.17, 15) is 24.9 Å². The predicted molar refractivity (Wildman–Crippen MR) is 72.7 cm³/mol. The van der Waals surface area contributed by atoms with E-state index in [1.54, 1.807) is 6.08 Å². The molecule has 1 aliphatic rings. The third-order valence-electron chi connectivity index (χ3n) is 3.11. The first-order chi connectivity index (χ1) is 9.34. The first kappa shape index (κ1) is 13.9. The molecular formula is C15H14O5. The number of fused-ring (bicyclic) bond motifs is 1. The minimum absolute atomic E-state index is 0.0791. The van der Waals surface area contributed by atoms with Crippen LogP contribution in [0, 0.1) is 0 Å². The Morgan fingerprint density at radius 1 is 1.00 bits per heavy atom. The number of carbonyl (C=O) groups excluding carboxylic acids is 2. The molecule has 0 spiro atoms. The van der Waals surface area contributed by atoms with Gasteiger partial charge in [-0.1, -0.05) is 11.6 Å². The summed E-state index contributed by atoms with van der Waals surface area (Å²) in [6.45, 7) is 3.65. The molecule has 104 valence electrons. The van der Waals surface area contributed by atoms with Crippen LogP contribution in [0.2, 0.25) is 0 Å². The van der Waals surface area contributed by atoms with Crippen LogP contribution in [-0.2, 0) is 4.79 Å². The Morgan fingerprint density at radius 2 is 1.55 bits per heavy atom. The number of hydrogen-bond acceptors (Lipinski definition) is 5. The number of aromatic hydroxyl groups is 2. The molecule has 0 bridgehead atoms. The average molecular weight is 274 g/mol. The Kier molecular flexibility index (Phi) is 3.36. The zero-order valence-electron chi connectivity index (χ0n) is 11.1. The van der Waals surface area contributed by atoms with Crippen molar-refractivity contribution in [1.82, 2.24) is 0 Å². The van der Waals surface area contributed by atoms with Gasteiger partial charge in [0.15, 0.2) is 0 Å². The topological polar surface area (TPSA) is 94.8 Å². The van der Waals surface area contributed by atoms with E-state index in [1.807, 2.05) is 13.8 Å². The number of hydrogen-bond donors (Lipinski definition) is 3. The third-order valence-corrected chi connectivity index (χ3v) is 3.11. The molecule has 0 saturated heterocycles. The van der Waals surface area contributed by atoms with Gasteiger partial charge >= 0.3 is 0 Å². The summed E-state index contributed by atoms with van der Waals surface area (Å²) in [4.78, 5) is 24.0. The molecule has 3 N–H and O–H groups in total. The molecule has 5 heteroatoms. The van der Waals surface area contributed by atoms with Gasteiger partial charge in [-0.15, -0.1) is 0 Å². The van der Waals surface area contributed by atoms with Gasteiger partial charge in [0, 0.05) is 5.57 Å². The molecule has 0 radical (unpaired) electrons. The molecule has 1 aliphatic carbocycles. The zero-order valence-corrected chi connectivity index (χ0v) is 11.1. The number of phenolic OH excluding ortho intramolecular Hbond substituents is 2.